The van der Waals surface area contributed by atoms with Crippen molar-refractivity contribution in [2.45, 2.75) is 31.6 Å². The fourth-order valence-corrected chi connectivity index (χ4v) is 2.72. The van der Waals surface area contributed by atoms with Crippen LogP contribution < -0.4 is 15.8 Å². The minimum Gasteiger partial charge on any atom is -0.399 e. The van der Waals surface area contributed by atoms with E-state index < -0.39 is 16.1 Å². The molecule has 0 saturated heterocycles. The summed E-state index contributed by atoms with van der Waals surface area (Å²) in [7, 11) is -3.86. The molecule has 4 N–H and O–H groups in total. The van der Waals surface area contributed by atoms with Crippen molar-refractivity contribution in [1.82, 2.24) is 10.0 Å². The normalized spacial score (nSPS) is 11.1. The summed E-state index contributed by atoms with van der Waals surface area (Å²) in [4.78, 5) is 11.5. The van der Waals surface area contributed by atoms with E-state index in [4.69, 9.17) is 5.73 Å². The standard InChI is InChI=1S/C12H19N3O3S/c1-3-4-7-14-12(16)15-19(17,18)11-6-5-10(13)8-9(11)2/h5-6,8H,3-4,7,13H2,1-2H3,(H2,14,15,16). The summed E-state index contributed by atoms with van der Waals surface area (Å²) in [6.45, 7) is 4.05. The number of carbonyl (C=O) groups is 1. The van der Waals surface area contributed by atoms with Crippen molar-refractivity contribution in [3.63, 3.8) is 0 Å². The van der Waals surface area contributed by atoms with Crippen molar-refractivity contribution in [2.75, 3.05) is 12.3 Å². The maximum atomic E-state index is 12.0. The third kappa shape index (κ3) is 4.44. The molecule has 1 rings (SSSR count). The lowest BCUT2D eigenvalue weighted by Crippen LogP contribution is -2.39. The van der Waals surface area contributed by atoms with Crippen LogP contribution in [0.15, 0.2) is 23.1 Å². The lowest BCUT2D eigenvalue weighted by Gasteiger charge is -2.10. The quantitative estimate of drug-likeness (QED) is 0.561. The van der Waals surface area contributed by atoms with Crippen LogP contribution in [0.25, 0.3) is 0 Å². The van der Waals surface area contributed by atoms with Crippen LogP contribution in [-0.4, -0.2) is 21.0 Å². The molecule has 0 spiro atoms. The molecule has 0 atom stereocenters. The second-order valence-corrected chi connectivity index (χ2v) is 5.89. The van der Waals surface area contributed by atoms with Crippen molar-refractivity contribution in [1.29, 1.82) is 0 Å². The Morgan fingerprint density at radius 1 is 1.37 bits per heavy atom. The zero-order chi connectivity index (χ0) is 14.5. The fraction of sp³-hybridized carbons (Fsp3) is 0.417. The molecule has 0 saturated carbocycles. The van der Waals surface area contributed by atoms with Gasteiger partial charge in [-0.15, -0.1) is 0 Å². The Labute approximate surface area is 113 Å². The van der Waals surface area contributed by atoms with E-state index in [1.807, 2.05) is 11.6 Å². The Morgan fingerprint density at radius 3 is 2.63 bits per heavy atom. The number of benzene rings is 1. The third-order valence-corrected chi connectivity index (χ3v) is 4.02. The van der Waals surface area contributed by atoms with E-state index in [1.165, 1.54) is 12.1 Å². The molecule has 0 aliphatic heterocycles. The molecule has 0 bridgehead atoms. The van der Waals surface area contributed by atoms with Crippen LogP contribution in [0.1, 0.15) is 25.3 Å². The molecule has 19 heavy (non-hydrogen) atoms. The molecule has 0 aromatic heterocycles. The monoisotopic (exact) mass is 285 g/mol. The van der Waals surface area contributed by atoms with E-state index in [1.54, 1.807) is 13.0 Å². The number of sulfonamides is 1. The number of amides is 2. The summed E-state index contributed by atoms with van der Waals surface area (Å²) < 4.78 is 26.0. The van der Waals surface area contributed by atoms with Crippen molar-refractivity contribution in [2.24, 2.45) is 0 Å². The minimum atomic E-state index is -3.86. The molecule has 0 radical (unpaired) electrons. The van der Waals surface area contributed by atoms with Gasteiger partial charge in [0.05, 0.1) is 4.90 Å². The van der Waals surface area contributed by atoms with Gasteiger partial charge in [0, 0.05) is 12.2 Å². The topological polar surface area (TPSA) is 101 Å². The number of anilines is 1. The molecule has 1 aromatic rings. The highest BCUT2D eigenvalue weighted by atomic mass is 32.2. The molecule has 1 aromatic carbocycles. The zero-order valence-electron chi connectivity index (χ0n) is 11.1. The Morgan fingerprint density at radius 2 is 2.05 bits per heavy atom. The number of nitrogen functional groups attached to an aromatic ring is 1. The van der Waals surface area contributed by atoms with E-state index in [9.17, 15) is 13.2 Å². The number of nitrogens with two attached hydrogens (primary N) is 1. The fourth-order valence-electron chi connectivity index (χ4n) is 1.57. The number of aryl methyl sites for hydroxylation is 1. The molecular formula is C12H19N3O3S. The molecular weight excluding hydrogens is 266 g/mol. The Hall–Kier alpha value is -1.76. The first kappa shape index (κ1) is 15.3. The number of hydrogen-bond acceptors (Lipinski definition) is 4. The summed E-state index contributed by atoms with van der Waals surface area (Å²) in [5, 5.41) is 2.49. The van der Waals surface area contributed by atoms with E-state index >= 15 is 0 Å². The highest BCUT2D eigenvalue weighted by Crippen LogP contribution is 2.17. The predicted octanol–water partition coefficient (Wildman–Crippen LogP) is 1.37. The first-order valence-electron chi connectivity index (χ1n) is 6.03. The van der Waals surface area contributed by atoms with Crippen LogP contribution in [0.5, 0.6) is 0 Å². The lowest BCUT2D eigenvalue weighted by atomic mass is 10.2. The molecule has 0 aliphatic carbocycles. The van der Waals surface area contributed by atoms with Gasteiger partial charge in [0.1, 0.15) is 0 Å². The van der Waals surface area contributed by atoms with E-state index in [2.05, 4.69) is 5.32 Å². The molecule has 106 valence electrons. The van der Waals surface area contributed by atoms with Gasteiger partial charge in [0.15, 0.2) is 0 Å². The van der Waals surface area contributed by atoms with Gasteiger partial charge in [-0.25, -0.2) is 17.9 Å². The zero-order valence-corrected chi connectivity index (χ0v) is 11.9. The van der Waals surface area contributed by atoms with Gasteiger partial charge in [0.25, 0.3) is 10.0 Å². The molecule has 0 heterocycles. The summed E-state index contributed by atoms with van der Waals surface area (Å²) >= 11 is 0. The molecule has 0 aliphatic rings. The SMILES string of the molecule is CCCCNC(=O)NS(=O)(=O)c1ccc(N)cc1C. The third-order valence-electron chi connectivity index (χ3n) is 2.53. The first-order chi connectivity index (χ1) is 8.86. The lowest BCUT2D eigenvalue weighted by molar-refractivity contribution is 0.245. The predicted molar refractivity (Wildman–Crippen MR) is 74.2 cm³/mol. The van der Waals surface area contributed by atoms with Crippen LogP contribution in [0.4, 0.5) is 10.5 Å². The highest BCUT2D eigenvalue weighted by molar-refractivity contribution is 7.90. The van der Waals surface area contributed by atoms with E-state index in [0.29, 0.717) is 17.8 Å². The van der Waals surface area contributed by atoms with Gasteiger partial charge in [-0.2, -0.15) is 0 Å². The molecule has 7 heteroatoms. The summed E-state index contributed by atoms with van der Waals surface area (Å²) in [5.74, 6) is 0. The van der Waals surface area contributed by atoms with Crippen LogP contribution >= 0.6 is 0 Å². The molecule has 2 amide bonds. The number of rotatable bonds is 5. The van der Waals surface area contributed by atoms with Crippen LogP contribution in [-0.2, 0) is 10.0 Å². The van der Waals surface area contributed by atoms with Gasteiger partial charge in [-0.3, -0.25) is 0 Å². The van der Waals surface area contributed by atoms with Crippen molar-refractivity contribution in [3.05, 3.63) is 23.8 Å². The summed E-state index contributed by atoms with van der Waals surface area (Å²) in [6, 6.07) is 3.69. The molecule has 6 nitrogen and oxygen atoms in total. The van der Waals surface area contributed by atoms with Crippen LogP contribution in [0.3, 0.4) is 0 Å². The second-order valence-electron chi connectivity index (χ2n) is 4.24. The first-order valence-corrected chi connectivity index (χ1v) is 7.52. The van der Waals surface area contributed by atoms with Gasteiger partial charge in [-0.1, -0.05) is 13.3 Å². The maximum Gasteiger partial charge on any atom is 0.328 e. The summed E-state index contributed by atoms with van der Waals surface area (Å²) in [6.07, 6.45) is 1.72. The van der Waals surface area contributed by atoms with Gasteiger partial charge >= 0.3 is 6.03 Å². The van der Waals surface area contributed by atoms with Crippen molar-refractivity contribution < 1.29 is 13.2 Å². The largest absolute Gasteiger partial charge is 0.399 e. The average Bonchev–Trinajstić information content (AvgIpc) is 2.27. The van der Waals surface area contributed by atoms with Gasteiger partial charge < -0.3 is 11.1 Å². The Bertz CT molecular complexity index is 555. The molecule has 0 fully saturated rings. The number of hydrogen-bond donors (Lipinski definition) is 3. The number of carbonyl (C=O) groups excluding carboxylic acids is 1. The van der Waals surface area contributed by atoms with Crippen LogP contribution in [0, 0.1) is 6.92 Å². The Balaban J connectivity index is 2.78. The second kappa shape index (κ2) is 6.42. The average molecular weight is 285 g/mol. The number of urea groups is 1. The van der Waals surface area contributed by atoms with E-state index in [0.717, 1.165) is 12.8 Å². The molecule has 0 unspecified atom stereocenters. The van der Waals surface area contributed by atoms with Gasteiger partial charge in [0.2, 0.25) is 0 Å². The van der Waals surface area contributed by atoms with E-state index in [-0.39, 0.29) is 4.90 Å². The minimum absolute atomic E-state index is 0.0485. The Kier molecular flexibility index (Phi) is 5.17. The van der Waals surface area contributed by atoms with Crippen LogP contribution in [0.2, 0.25) is 0 Å². The summed E-state index contributed by atoms with van der Waals surface area (Å²) in [5.41, 5.74) is 6.53. The van der Waals surface area contributed by atoms with Crippen molar-refractivity contribution >= 4 is 21.7 Å². The maximum absolute atomic E-state index is 12.0. The smallest absolute Gasteiger partial charge is 0.328 e. The number of nitrogens with one attached hydrogen (secondary N) is 2. The van der Waals surface area contributed by atoms with Crippen molar-refractivity contribution in [3.8, 4) is 0 Å². The van der Waals surface area contributed by atoms with Gasteiger partial charge in [-0.05, 0) is 37.1 Å². The number of unbranched alkanes of at least 4 members (excludes halogenated alkanes) is 1. The highest BCUT2D eigenvalue weighted by Gasteiger charge is 2.19.